The van der Waals surface area contributed by atoms with Crippen LogP contribution in [0.1, 0.15) is 12.5 Å². The zero-order valence-corrected chi connectivity index (χ0v) is 16.1. The summed E-state index contributed by atoms with van der Waals surface area (Å²) >= 11 is 6.06. The number of imide groups is 1. The molecule has 1 N–H and O–H groups in total. The second kappa shape index (κ2) is 7.89. The summed E-state index contributed by atoms with van der Waals surface area (Å²) in [6, 6.07) is 13.0. The second-order valence-corrected chi connectivity index (χ2v) is 6.95. The number of nitriles is 1. The summed E-state index contributed by atoms with van der Waals surface area (Å²) in [5, 5.41) is 11.5. The number of anilines is 1. The van der Waals surface area contributed by atoms with Gasteiger partial charge in [-0.3, -0.25) is 19.4 Å². The summed E-state index contributed by atoms with van der Waals surface area (Å²) in [4.78, 5) is 40.1. The van der Waals surface area contributed by atoms with Crippen molar-refractivity contribution in [2.45, 2.75) is 12.5 Å². The molecular weight excluding hydrogens is 399 g/mol. The van der Waals surface area contributed by atoms with Crippen LogP contribution in [-0.4, -0.2) is 35.8 Å². The molecule has 0 bridgehead atoms. The molecule has 9 heteroatoms. The van der Waals surface area contributed by atoms with Crippen molar-refractivity contribution < 1.29 is 18.8 Å². The maximum absolute atomic E-state index is 13.4. The standard InChI is InChI=1S/C20H16ClFN4O3/c1-20(15-8-7-13(22)11-16(15)21)18(28)26(19(29)24-20)12-17(27)25(10-9-23)14-5-3-2-4-6-14/h2-8,11H,10,12H2,1H3,(H,24,29). The van der Waals surface area contributed by atoms with Gasteiger partial charge < -0.3 is 5.32 Å². The van der Waals surface area contributed by atoms with Crippen molar-refractivity contribution in [1.29, 1.82) is 5.26 Å². The molecule has 0 aromatic heterocycles. The molecule has 0 saturated carbocycles. The monoisotopic (exact) mass is 414 g/mol. The van der Waals surface area contributed by atoms with Crippen molar-refractivity contribution in [2.24, 2.45) is 0 Å². The van der Waals surface area contributed by atoms with Gasteiger partial charge in [-0.25, -0.2) is 9.18 Å². The van der Waals surface area contributed by atoms with Gasteiger partial charge in [-0.2, -0.15) is 5.26 Å². The normalized spacial score (nSPS) is 18.3. The lowest BCUT2D eigenvalue weighted by molar-refractivity contribution is -0.134. The summed E-state index contributed by atoms with van der Waals surface area (Å²) in [5.74, 6) is -1.88. The van der Waals surface area contributed by atoms with Crippen molar-refractivity contribution >= 4 is 35.1 Å². The first-order valence-corrected chi connectivity index (χ1v) is 8.97. The predicted octanol–water partition coefficient (Wildman–Crippen LogP) is 2.80. The van der Waals surface area contributed by atoms with Crippen molar-refractivity contribution in [3.63, 3.8) is 0 Å². The van der Waals surface area contributed by atoms with Gasteiger partial charge in [-0.05, 0) is 31.2 Å². The fraction of sp³-hybridized carbons (Fsp3) is 0.200. The maximum atomic E-state index is 13.4. The maximum Gasteiger partial charge on any atom is 0.325 e. The van der Waals surface area contributed by atoms with Crippen LogP contribution in [0.15, 0.2) is 48.5 Å². The van der Waals surface area contributed by atoms with Gasteiger partial charge in [0, 0.05) is 16.3 Å². The first kappa shape index (κ1) is 20.3. The molecule has 29 heavy (non-hydrogen) atoms. The number of rotatable bonds is 5. The van der Waals surface area contributed by atoms with Crippen LogP contribution in [0.4, 0.5) is 14.9 Å². The molecule has 1 unspecified atom stereocenters. The highest BCUT2D eigenvalue weighted by Crippen LogP contribution is 2.34. The van der Waals surface area contributed by atoms with E-state index < -0.39 is 35.7 Å². The van der Waals surface area contributed by atoms with Gasteiger partial charge in [0.05, 0.1) is 6.07 Å². The molecule has 1 aliphatic heterocycles. The molecule has 0 spiro atoms. The number of para-hydroxylation sites is 1. The predicted molar refractivity (Wildman–Crippen MR) is 103 cm³/mol. The van der Waals surface area contributed by atoms with E-state index in [-0.39, 0.29) is 17.1 Å². The van der Waals surface area contributed by atoms with Crippen LogP contribution < -0.4 is 10.2 Å². The van der Waals surface area contributed by atoms with Crippen molar-refractivity contribution in [2.75, 3.05) is 18.0 Å². The summed E-state index contributed by atoms with van der Waals surface area (Å²) < 4.78 is 13.4. The van der Waals surface area contributed by atoms with Crippen molar-refractivity contribution in [1.82, 2.24) is 10.2 Å². The Morgan fingerprint density at radius 3 is 2.59 bits per heavy atom. The minimum atomic E-state index is -1.55. The van der Waals surface area contributed by atoms with E-state index in [2.05, 4.69) is 5.32 Å². The molecule has 2 aromatic rings. The summed E-state index contributed by atoms with van der Waals surface area (Å²) in [5.41, 5.74) is -0.865. The minimum Gasteiger partial charge on any atom is -0.319 e. The van der Waals surface area contributed by atoms with Crippen LogP contribution in [0.5, 0.6) is 0 Å². The quantitative estimate of drug-likeness (QED) is 0.601. The van der Waals surface area contributed by atoms with Gasteiger partial charge in [-0.15, -0.1) is 0 Å². The van der Waals surface area contributed by atoms with Gasteiger partial charge in [0.25, 0.3) is 5.91 Å². The lowest BCUT2D eigenvalue weighted by Crippen LogP contribution is -2.45. The van der Waals surface area contributed by atoms with Crippen LogP contribution in [0.2, 0.25) is 5.02 Å². The zero-order valence-electron chi connectivity index (χ0n) is 15.4. The molecule has 1 fully saturated rings. The molecule has 1 saturated heterocycles. The van der Waals surface area contributed by atoms with Gasteiger partial charge >= 0.3 is 6.03 Å². The van der Waals surface area contributed by atoms with Gasteiger partial charge in [0.1, 0.15) is 24.4 Å². The third-order valence-corrected chi connectivity index (χ3v) is 4.95. The highest BCUT2D eigenvalue weighted by molar-refractivity contribution is 6.32. The molecular formula is C20H16ClFN4O3. The first-order valence-electron chi connectivity index (χ1n) is 8.60. The highest BCUT2D eigenvalue weighted by atomic mass is 35.5. The Hall–Kier alpha value is -3.44. The van der Waals surface area contributed by atoms with E-state index in [0.717, 1.165) is 17.0 Å². The Labute approximate surface area is 171 Å². The van der Waals surface area contributed by atoms with E-state index in [4.69, 9.17) is 16.9 Å². The average molecular weight is 415 g/mol. The summed E-state index contributed by atoms with van der Waals surface area (Å²) in [6.07, 6.45) is 0. The smallest absolute Gasteiger partial charge is 0.319 e. The summed E-state index contributed by atoms with van der Waals surface area (Å²) in [7, 11) is 0. The largest absolute Gasteiger partial charge is 0.325 e. The molecule has 0 aliphatic carbocycles. The fourth-order valence-corrected chi connectivity index (χ4v) is 3.50. The number of amides is 4. The average Bonchev–Trinajstić information content (AvgIpc) is 2.90. The van der Waals surface area contributed by atoms with Crippen LogP contribution in [0.25, 0.3) is 0 Å². The third kappa shape index (κ3) is 3.77. The lowest BCUT2D eigenvalue weighted by atomic mass is 9.92. The van der Waals surface area contributed by atoms with E-state index in [1.807, 2.05) is 6.07 Å². The molecule has 0 radical (unpaired) electrons. The molecule has 1 atom stereocenters. The SMILES string of the molecule is CC1(c2ccc(F)cc2Cl)NC(=O)N(CC(=O)N(CC#N)c2ccccc2)C1=O. The number of hydrogen-bond donors (Lipinski definition) is 1. The third-order valence-electron chi connectivity index (χ3n) is 4.64. The summed E-state index contributed by atoms with van der Waals surface area (Å²) in [6.45, 7) is 0.629. The van der Waals surface area contributed by atoms with Crippen molar-refractivity contribution in [3.8, 4) is 6.07 Å². The van der Waals surface area contributed by atoms with Crippen LogP contribution in [-0.2, 0) is 15.1 Å². The van der Waals surface area contributed by atoms with Gasteiger partial charge in [-0.1, -0.05) is 35.9 Å². The van der Waals surface area contributed by atoms with Crippen LogP contribution in [0, 0.1) is 17.1 Å². The number of hydrogen-bond acceptors (Lipinski definition) is 4. The van der Waals surface area contributed by atoms with E-state index in [0.29, 0.717) is 5.69 Å². The van der Waals surface area contributed by atoms with Gasteiger partial charge in [0.15, 0.2) is 0 Å². The van der Waals surface area contributed by atoms with Gasteiger partial charge in [0.2, 0.25) is 5.91 Å². The lowest BCUT2D eigenvalue weighted by Gasteiger charge is -2.24. The number of benzene rings is 2. The number of carbonyl (C=O) groups is 3. The van der Waals surface area contributed by atoms with Crippen LogP contribution >= 0.6 is 11.6 Å². The molecule has 148 valence electrons. The zero-order chi connectivity index (χ0) is 21.2. The fourth-order valence-electron chi connectivity index (χ4n) is 3.14. The first-order chi connectivity index (χ1) is 13.8. The Morgan fingerprint density at radius 2 is 1.97 bits per heavy atom. The van der Waals surface area contributed by atoms with E-state index >= 15 is 0 Å². The Balaban J connectivity index is 1.86. The second-order valence-electron chi connectivity index (χ2n) is 6.54. The number of nitrogens with zero attached hydrogens (tertiary/aromatic N) is 3. The molecule has 4 amide bonds. The van der Waals surface area contributed by atoms with Crippen molar-refractivity contribution in [3.05, 3.63) is 64.9 Å². The van der Waals surface area contributed by atoms with Crippen LogP contribution in [0.3, 0.4) is 0 Å². The number of halogens is 2. The molecule has 7 nitrogen and oxygen atoms in total. The Bertz CT molecular complexity index is 1020. The highest BCUT2D eigenvalue weighted by Gasteiger charge is 2.50. The van der Waals surface area contributed by atoms with E-state index in [1.165, 1.54) is 17.9 Å². The number of urea groups is 1. The van der Waals surface area contributed by atoms with E-state index in [9.17, 15) is 18.8 Å². The van der Waals surface area contributed by atoms with E-state index in [1.54, 1.807) is 30.3 Å². The Kier molecular flexibility index (Phi) is 5.52. The Morgan fingerprint density at radius 1 is 1.28 bits per heavy atom. The molecule has 3 rings (SSSR count). The molecule has 1 aliphatic rings. The number of carbonyl (C=O) groups excluding carboxylic acids is 3. The molecule has 1 heterocycles. The number of nitrogens with one attached hydrogen (secondary N) is 1. The minimum absolute atomic E-state index is 0.0234. The topological polar surface area (TPSA) is 93.5 Å². The molecule has 2 aromatic carbocycles.